The summed E-state index contributed by atoms with van der Waals surface area (Å²) in [5.41, 5.74) is 0.296. The number of carbonyl (C=O) groups excluding carboxylic acids is 2. The van der Waals surface area contributed by atoms with Crippen molar-refractivity contribution in [1.29, 1.82) is 0 Å². The van der Waals surface area contributed by atoms with Crippen LogP contribution in [0, 0.1) is 11.7 Å². The molecule has 0 spiro atoms. The number of halogens is 1. The van der Waals surface area contributed by atoms with Gasteiger partial charge in [-0.05, 0) is 31.9 Å². The number of amides is 2. The van der Waals surface area contributed by atoms with Crippen molar-refractivity contribution in [2.75, 3.05) is 18.0 Å². The van der Waals surface area contributed by atoms with Crippen LogP contribution in [-0.4, -0.2) is 35.8 Å². The van der Waals surface area contributed by atoms with E-state index in [9.17, 15) is 14.0 Å². The standard InChI is InChI=1S/C16H19FN2O2/c1-11-15(20)19(14-8-3-2-7-13(14)17)10-9-18(11)16(21)12-5-4-6-12/h2-3,7-8,11-12H,4-6,9-10H2,1H3. The second-order valence-electron chi connectivity index (χ2n) is 5.78. The van der Waals surface area contributed by atoms with Crippen molar-refractivity contribution in [2.24, 2.45) is 5.92 Å². The first-order chi connectivity index (χ1) is 10.1. The van der Waals surface area contributed by atoms with Crippen molar-refractivity contribution in [3.05, 3.63) is 30.1 Å². The third kappa shape index (κ3) is 2.41. The fraction of sp³-hybridized carbons (Fsp3) is 0.500. The maximum absolute atomic E-state index is 13.8. The van der Waals surface area contributed by atoms with Gasteiger partial charge < -0.3 is 9.80 Å². The van der Waals surface area contributed by atoms with Crippen molar-refractivity contribution in [3.8, 4) is 0 Å². The van der Waals surface area contributed by atoms with Crippen molar-refractivity contribution in [2.45, 2.75) is 32.2 Å². The fourth-order valence-corrected chi connectivity index (χ4v) is 2.97. The van der Waals surface area contributed by atoms with Crippen LogP contribution in [0.15, 0.2) is 24.3 Å². The summed E-state index contributed by atoms with van der Waals surface area (Å²) in [6.45, 7) is 2.55. The number of para-hydroxylation sites is 1. The van der Waals surface area contributed by atoms with Crippen LogP contribution in [0.25, 0.3) is 0 Å². The molecule has 1 heterocycles. The molecule has 21 heavy (non-hydrogen) atoms. The molecular weight excluding hydrogens is 271 g/mol. The van der Waals surface area contributed by atoms with Gasteiger partial charge in [-0.15, -0.1) is 0 Å². The van der Waals surface area contributed by atoms with E-state index in [1.165, 1.54) is 11.0 Å². The number of piperazine rings is 1. The molecule has 112 valence electrons. The van der Waals surface area contributed by atoms with E-state index in [1.807, 2.05) is 0 Å². The second kappa shape index (κ2) is 5.47. The molecule has 0 N–H and O–H groups in total. The molecule has 1 saturated carbocycles. The van der Waals surface area contributed by atoms with Crippen molar-refractivity contribution in [3.63, 3.8) is 0 Å². The largest absolute Gasteiger partial charge is 0.329 e. The third-order valence-corrected chi connectivity index (χ3v) is 4.54. The third-order valence-electron chi connectivity index (χ3n) is 4.54. The van der Waals surface area contributed by atoms with E-state index in [2.05, 4.69) is 0 Å². The molecule has 2 aliphatic rings. The molecule has 1 aromatic carbocycles. The summed E-state index contributed by atoms with van der Waals surface area (Å²) in [5, 5.41) is 0. The summed E-state index contributed by atoms with van der Waals surface area (Å²) >= 11 is 0. The Balaban J connectivity index is 1.77. The summed E-state index contributed by atoms with van der Waals surface area (Å²) in [7, 11) is 0. The molecule has 2 fully saturated rings. The number of anilines is 1. The molecule has 2 amide bonds. The lowest BCUT2D eigenvalue weighted by Crippen LogP contribution is -2.59. The van der Waals surface area contributed by atoms with Crippen LogP contribution in [0.4, 0.5) is 10.1 Å². The maximum atomic E-state index is 13.8. The first kappa shape index (κ1) is 14.0. The molecule has 0 bridgehead atoms. The Morgan fingerprint density at radius 1 is 1.24 bits per heavy atom. The van der Waals surface area contributed by atoms with Gasteiger partial charge in [0.1, 0.15) is 11.9 Å². The Kier molecular flexibility index (Phi) is 3.66. The number of carbonyl (C=O) groups is 2. The minimum absolute atomic E-state index is 0.0790. The van der Waals surface area contributed by atoms with Gasteiger partial charge in [0.15, 0.2) is 0 Å². The predicted octanol–water partition coefficient (Wildman–Crippen LogP) is 2.19. The van der Waals surface area contributed by atoms with Gasteiger partial charge in [0.25, 0.3) is 0 Å². The van der Waals surface area contributed by atoms with Crippen LogP contribution < -0.4 is 4.90 Å². The Morgan fingerprint density at radius 3 is 2.57 bits per heavy atom. The van der Waals surface area contributed by atoms with Gasteiger partial charge in [-0.1, -0.05) is 18.6 Å². The summed E-state index contributed by atoms with van der Waals surface area (Å²) in [6.07, 6.45) is 2.94. The highest BCUT2D eigenvalue weighted by Gasteiger charge is 2.39. The fourth-order valence-electron chi connectivity index (χ4n) is 2.97. The number of rotatable bonds is 2. The van der Waals surface area contributed by atoms with Crippen LogP contribution >= 0.6 is 0 Å². The molecule has 1 aliphatic carbocycles. The van der Waals surface area contributed by atoms with Gasteiger partial charge in [0.2, 0.25) is 11.8 Å². The van der Waals surface area contributed by atoms with E-state index in [-0.39, 0.29) is 17.7 Å². The van der Waals surface area contributed by atoms with Gasteiger partial charge in [-0.3, -0.25) is 9.59 Å². The normalized spacial score (nSPS) is 23.1. The summed E-state index contributed by atoms with van der Waals surface area (Å²) in [4.78, 5) is 27.9. The molecular formula is C16H19FN2O2. The van der Waals surface area contributed by atoms with E-state index < -0.39 is 11.9 Å². The van der Waals surface area contributed by atoms with Crippen LogP contribution in [0.3, 0.4) is 0 Å². The van der Waals surface area contributed by atoms with Crippen LogP contribution in [-0.2, 0) is 9.59 Å². The Labute approximate surface area is 123 Å². The van der Waals surface area contributed by atoms with Gasteiger partial charge in [0, 0.05) is 19.0 Å². The van der Waals surface area contributed by atoms with E-state index in [1.54, 1.807) is 30.0 Å². The summed E-state index contributed by atoms with van der Waals surface area (Å²) in [6, 6.07) is 5.74. The van der Waals surface area contributed by atoms with Crippen molar-refractivity contribution in [1.82, 2.24) is 4.90 Å². The smallest absolute Gasteiger partial charge is 0.249 e. The molecule has 0 aromatic heterocycles. The summed E-state index contributed by atoms with van der Waals surface area (Å²) in [5.74, 6) is -0.452. The van der Waals surface area contributed by atoms with E-state index >= 15 is 0 Å². The molecule has 1 aromatic rings. The van der Waals surface area contributed by atoms with Gasteiger partial charge in [-0.25, -0.2) is 4.39 Å². The zero-order chi connectivity index (χ0) is 15.0. The topological polar surface area (TPSA) is 40.6 Å². The van der Waals surface area contributed by atoms with Gasteiger partial charge in [0.05, 0.1) is 5.69 Å². The summed E-state index contributed by atoms with van der Waals surface area (Å²) < 4.78 is 13.8. The zero-order valence-electron chi connectivity index (χ0n) is 12.1. The molecule has 1 unspecified atom stereocenters. The number of hydrogen-bond donors (Lipinski definition) is 0. The quantitative estimate of drug-likeness (QED) is 0.837. The van der Waals surface area contributed by atoms with Crippen LogP contribution in [0.2, 0.25) is 0 Å². The minimum atomic E-state index is -0.522. The lowest BCUT2D eigenvalue weighted by Gasteiger charge is -2.41. The van der Waals surface area contributed by atoms with Crippen LogP contribution in [0.1, 0.15) is 26.2 Å². The van der Waals surface area contributed by atoms with Gasteiger partial charge >= 0.3 is 0 Å². The maximum Gasteiger partial charge on any atom is 0.249 e. The van der Waals surface area contributed by atoms with E-state index in [0.717, 1.165) is 19.3 Å². The molecule has 1 aliphatic heterocycles. The van der Waals surface area contributed by atoms with Crippen LogP contribution in [0.5, 0.6) is 0 Å². The van der Waals surface area contributed by atoms with E-state index in [4.69, 9.17) is 0 Å². The van der Waals surface area contributed by atoms with Crippen molar-refractivity contribution < 1.29 is 14.0 Å². The highest BCUT2D eigenvalue weighted by atomic mass is 19.1. The average molecular weight is 290 g/mol. The Hall–Kier alpha value is -1.91. The van der Waals surface area contributed by atoms with E-state index in [0.29, 0.717) is 18.8 Å². The lowest BCUT2D eigenvalue weighted by molar-refractivity contribution is -0.146. The second-order valence-corrected chi connectivity index (χ2v) is 5.78. The number of hydrogen-bond acceptors (Lipinski definition) is 2. The predicted molar refractivity (Wildman–Crippen MR) is 77.3 cm³/mol. The average Bonchev–Trinajstić information content (AvgIpc) is 2.41. The Morgan fingerprint density at radius 2 is 1.95 bits per heavy atom. The monoisotopic (exact) mass is 290 g/mol. The minimum Gasteiger partial charge on any atom is -0.329 e. The zero-order valence-corrected chi connectivity index (χ0v) is 12.1. The molecule has 1 saturated heterocycles. The molecule has 5 heteroatoms. The van der Waals surface area contributed by atoms with Gasteiger partial charge in [-0.2, -0.15) is 0 Å². The molecule has 3 rings (SSSR count). The first-order valence-electron chi connectivity index (χ1n) is 7.46. The van der Waals surface area contributed by atoms with Crippen molar-refractivity contribution >= 4 is 17.5 Å². The number of nitrogens with zero attached hydrogens (tertiary/aromatic N) is 2. The highest BCUT2D eigenvalue weighted by Crippen LogP contribution is 2.30. The molecule has 0 radical (unpaired) electrons. The molecule has 4 nitrogen and oxygen atoms in total. The molecule has 1 atom stereocenters. The number of benzene rings is 1. The lowest BCUT2D eigenvalue weighted by atomic mass is 9.84. The Bertz CT molecular complexity index is 571. The highest BCUT2D eigenvalue weighted by molar-refractivity contribution is 6.00. The first-order valence-corrected chi connectivity index (χ1v) is 7.46. The SMILES string of the molecule is CC1C(=O)N(c2ccccc2F)CCN1C(=O)C1CCC1.